The predicted molar refractivity (Wildman–Crippen MR) is 109 cm³/mol. The first-order chi connectivity index (χ1) is 13.1. The van der Waals surface area contributed by atoms with E-state index in [4.69, 9.17) is 21.1 Å². The summed E-state index contributed by atoms with van der Waals surface area (Å²) in [7, 11) is 3.21. The third-order valence-corrected chi connectivity index (χ3v) is 5.00. The lowest BCUT2D eigenvalue weighted by Crippen LogP contribution is -2.21. The number of hydrogen-bond donors (Lipinski definition) is 1. The molecule has 0 aromatic heterocycles. The van der Waals surface area contributed by atoms with Crippen LogP contribution in [0.4, 0.5) is 11.4 Å². The van der Waals surface area contributed by atoms with Crippen molar-refractivity contribution >= 4 is 28.9 Å². The molecule has 1 saturated heterocycles. The molecule has 1 fully saturated rings. The number of carbonyl (C=O) groups is 1. The van der Waals surface area contributed by atoms with Gasteiger partial charge in [-0.05, 0) is 55.2 Å². The van der Waals surface area contributed by atoms with Gasteiger partial charge >= 0.3 is 0 Å². The van der Waals surface area contributed by atoms with E-state index in [0.717, 1.165) is 30.0 Å². The van der Waals surface area contributed by atoms with Crippen molar-refractivity contribution in [2.75, 3.05) is 37.5 Å². The van der Waals surface area contributed by atoms with E-state index in [0.29, 0.717) is 29.4 Å². The Kier molecular flexibility index (Phi) is 6.45. The predicted octanol–water partition coefficient (Wildman–Crippen LogP) is 4.53. The highest BCUT2D eigenvalue weighted by molar-refractivity contribution is 6.31. The molecular formula is C21H25ClN2O3. The molecule has 0 saturated carbocycles. The van der Waals surface area contributed by atoms with Crippen LogP contribution in [0.2, 0.25) is 5.02 Å². The summed E-state index contributed by atoms with van der Waals surface area (Å²) in [4.78, 5) is 14.8. The molecule has 1 amide bonds. The molecule has 2 aromatic carbocycles. The monoisotopic (exact) mass is 388 g/mol. The number of rotatable bonds is 7. The van der Waals surface area contributed by atoms with Gasteiger partial charge in [-0.2, -0.15) is 0 Å². The molecule has 0 atom stereocenters. The zero-order chi connectivity index (χ0) is 19.2. The van der Waals surface area contributed by atoms with Gasteiger partial charge in [0.15, 0.2) is 11.5 Å². The number of amides is 1. The zero-order valence-corrected chi connectivity index (χ0v) is 16.5. The highest BCUT2D eigenvalue weighted by Crippen LogP contribution is 2.32. The first kappa shape index (κ1) is 19.4. The van der Waals surface area contributed by atoms with Crippen molar-refractivity contribution in [3.05, 3.63) is 47.0 Å². The zero-order valence-electron chi connectivity index (χ0n) is 15.8. The van der Waals surface area contributed by atoms with Crippen LogP contribution < -0.4 is 19.7 Å². The highest BCUT2D eigenvalue weighted by atomic mass is 35.5. The summed E-state index contributed by atoms with van der Waals surface area (Å²) in [6.45, 7) is 2.02. The summed E-state index contributed by atoms with van der Waals surface area (Å²) in [5.74, 6) is 1.31. The fourth-order valence-electron chi connectivity index (χ4n) is 3.35. The van der Waals surface area contributed by atoms with Gasteiger partial charge in [-0.25, -0.2) is 0 Å². The van der Waals surface area contributed by atoms with Gasteiger partial charge in [-0.1, -0.05) is 17.7 Å². The van der Waals surface area contributed by atoms with Crippen LogP contribution in [0, 0.1) is 0 Å². The third kappa shape index (κ3) is 4.86. The van der Waals surface area contributed by atoms with E-state index in [2.05, 4.69) is 10.2 Å². The lowest BCUT2D eigenvalue weighted by atomic mass is 10.1. The van der Waals surface area contributed by atoms with Gasteiger partial charge in [0.05, 0.1) is 25.6 Å². The maximum atomic E-state index is 12.5. The minimum absolute atomic E-state index is 0.0347. The Bertz CT molecular complexity index is 804. The number of carbonyl (C=O) groups excluding carboxylic acids is 1. The van der Waals surface area contributed by atoms with E-state index in [1.165, 1.54) is 12.8 Å². The molecule has 2 aromatic rings. The number of methoxy groups -OCH3 is 2. The molecule has 6 heteroatoms. The van der Waals surface area contributed by atoms with Gasteiger partial charge in [-0.15, -0.1) is 0 Å². The molecule has 3 rings (SSSR count). The number of halogens is 1. The number of benzene rings is 2. The molecule has 0 spiro atoms. The summed E-state index contributed by atoms with van der Waals surface area (Å²) >= 11 is 6.15. The van der Waals surface area contributed by atoms with Gasteiger partial charge < -0.3 is 19.7 Å². The van der Waals surface area contributed by atoms with Crippen molar-refractivity contribution in [2.45, 2.75) is 25.7 Å². The van der Waals surface area contributed by atoms with Crippen LogP contribution in [-0.4, -0.2) is 33.2 Å². The molecule has 0 aliphatic carbocycles. The lowest BCUT2D eigenvalue weighted by molar-refractivity contribution is -0.116. The quantitative estimate of drug-likeness (QED) is 0.757. The SMILES string of the molecule is COc1ccc(CCC(=O)Nc2cc(Cl)ccc2N2CCCC2)cc1OC. The minimum atomic E-state index is -0.0347. The van der Waals surface area contributed by atoms with E-state index in [1.807, 2.05) is 36.4 Å². The molecule has 144 valence electrons. The summed E-state index contributed by atoms with van der Waals surface area (Å²) in [6.07, 6.45) is 3.35. The van der Waals surface area contributed by atoms with E-state index < -0.39 is 0 Å². The first-order valence-corrected chi connectivity index (χ1v) is 9.54. The Morgan fingerprint density at radius 2 is 1.81 bits per heavy atom. The van der Waals surface area contributed by atoms with E-state index >= 15 is 0 Å². The van der Waals surface area contributed by atoms with Crippen LogP contribution in [0.25, 0.3) is 0 Å². The van der Waals surface area contributed by atoms with Crippen LogP contribution >= 0.6 is 11.6 Å². The molecule has 1 heterocycles. The van der Waals surface area contributed by atoms with Crippen LogP contribution in [0.15, 0.2) is 36.4 Å². The Balaban J connectivity index is 1.65. The summed E-state index contributed by atoms with van der Waals surface area (Å²) in [6, 6.07) is 11.4. The normalized spacial score (nSPS) is 13.5. The number of ether oxygens (including phenoxy) is 2. The molecule has 1 N–H and O–H groups in total. The van der Waals surface area contributed by atoms with Crippen LogP contribution in [0.3, 0.4) is 0 Å². The number of aryl methyl sites for hydroxylation is 1. The van der Waals surface area contributed by atoms with Gasteiger partial charge in [0.1, 0.15) is 0 Å². The van der Waals surface area contributed by atoms with Crippen LogP contribution in [-0.2, 0) is 11.2 Å². The summed E-state index contributed by atoms with van der Waals surface area (Å²) in [5, 5.41) is 3.65. The van der Waals surface area contributed by atoms with Crippen molar-refractivity contribution < 1.29 is 14.3 Å². The van der Waals surface area contributed by atoms with E-state index in [9.17, 15) is 4.79 Å². The lowest BCUT2D eigenvalue weighted by Gasteiger charge is -2.22. The number of anilines is 2. The van der Waals surface area contributed by atoms with E-state index in [-0.39, 0.29) is 5.91 Å². The number of nitrogens with zero attached hydrogens (tertiary/aromatic N) is 1. The Labute approximate surface area is 165 Å². The maximum Gasteiger partial charge on any atom is 0.224 e. The molecule has 1 aliphatic rings. The highest BCUT2D eigenvalue weighted by Gasteiger charge is 2.17. The van der Waals surface area contributed by atoms with Crippen molar-refractivity contribution in [3.8, 4) is 11.5 Å². The van der Waals surface area contributed by atoms with Gasteiger partial charge in [0.2, 0.25) is 5.91 Å². The second-order valence-electron chi connectivity index (χ2n) is 6.59. The Morgan fingerprint density at radius 1 is 1.07 bits per heavy atom. The van der Waals surface area contributed by atoms with Gasteiger partial charge in [0.25, 0.3) is 0 Å². The largest absolute Gasteiger partial charge is 0.493 e. The molecule has 0 radical (unpaired) electrons. The van der Waals surface area contributed by atoms with Crippen molar-refractivity contribution in [1.29, 1.82) is 0 Å². The van der Waals surface area contributed by atoms with Crippen molar-refractivity contribution in [1.82, 2.24) is 0 Å². The summed E-state index contributed by atoms with van der Waals surface area (Å²) in [5.41, 5.74) is 2.84. The maximum absolute atomic E-state index is 12.5. The Morgan fingerprint density at radius 3 is 2.52 bits per heavy atom. The standard InChI is InChI=1S/C21H25ClN2O3/c1-26-19-9-5-15(13-20(19)27-2)6-10-21(25)23-17-14-16(22)7-8-18(17)24-11-3-4-12-24/h5,7-9,13-14H,3-4,6,10-12H2,1-2H3,(H,23,25). The number of nitrogens with one attached hydrogen (secondary N) is 1. The van der Waals surface area contributed by atoms with Crippen LogP contribution in [0.1, 0.15) is 24.8 Å². The average Bonchev–Trinajstić information content (AvgIpc) is 3.20. The third-order valence-electron chi connectivity index (χ3n) is 4.77. The smallest absolute Gasteiger partial charge is 0.224 e. The molecular weight excluding hydrogens is 364 g/mol. The van der Waals surface area contributed by atoms with Crippen molar-refractivity contribution in [2.24, 2.45) is 0 Å². The second-order valence-corrected chi connectivity index (χ2v) is 7.03. The molecule has 0 unspecified atom stereocenters. The topological polar surface area (TPSA) is 50.8 Å². The first-order valence-electron chi connectivity index (χ1n) is 9.16. The van der Waals surface area contributed by atoms with Crippen LogP contribution in [0.5, 0.6) is 11.5 Å². The van der Waals surface area contributed by atoms with Gasteiger partial charge in [-0.3, -0.25) is 4.79 Å². The molecule has 27 heavy (non-hydrogen) atoms. The Hall–Kier alpha value is -2.40. The molecule has 0 bridgehead atoms. The molecule has 1 aliphatic heterocycles. The van der Waals surface area contributed by atoms with Crippen molar-refractivity contribution in [3.63, 3.8) is 0 Å². The average molecular weight is 389 g/mol. The van der Waals surface area contributed by atoms with Gasteiger partial charge in [0, 0.05) is 24.5 Å². The summed E-state index contributed by atoms with van der Waals surface area (Å²) < 4.78 is 10.6. The molecule has 5 nitrogen and oxygen atoms in total. The minimum Gasteiger partial charge on any atom is -0.493 e. The fraction of sp³-hybridized carbons (Fsp3) is 0.381. The number of hydrogen-bond acceptors (Lipinski definition) is 4. The second kappa shape index (κ2) is 9.00. The van der Waals surface area contributed by atoms with E-state index in [1.54, 1.807) is 14.2 Å². The fourth-order valence-corrected chi connectivity index (χ4v) is 3.52.